The highest BCUT2D eigenvalue weighted by molar-refractivity contribution is 7.84. The summed E-state index contributed by atoms with van der Waals surface area (Å²) in [5, 5.41) is 0. The molecule has 1 atom stereocenters. The van der Waals surface area contributed by atoms with E-state index in [4.69, 9.17) is 15.5 Å². The summed E-state index contributed by atoms with van der Waals surface area (Å²) in [6.45, 7) is 3.26. The van der Waals surface area contributed by atoms with Crippen molar-refractivity contribution < 1.29 is 23.7 Å². The second-order valence-corrected chi connectivity index (χ2v) is 6.45. The van der Waals surface area contributed by atoms with Gasteiger partial charge in [-0.3, -0.25) is 9.32 Å². The van der Waals surface area contributed by atoms with E-state index in [2.05, 4.69) is 27.1 Å². The number of aryl methyl sites for hydroxylation is 1. The van der Waals surface area contributed by atoms with Crippen LogP contribution < -0.4 is 5.73 Å². The molecule has 23 heavy (non-hydrogen) atoms. The SMILES string of the molecule is Cc1ncc(CN(C=O)C(C)C(S)=CCOP(=O)(O)O)c(N)n1. The third-order valence-electron chi connectivity index (χ3n) is 2.97. The molecule has 0 fully saturated rings. The zero-order valence-corrected chi connectivity index (χ0v) is 14.4. The zero-order chi connectivity index (χ0) is 17.6. The second-order valence-electron chi connectivity index (χ2n) is 4.70. The Bertz CT molecular complexity index is 636. The summed E-state index contributed by atoms with van der Waals surface area (Å²) in [4.78, 5) is 38.4. The van der Waals surface area contributed by atoms with Gasteiger partial charge in [-0.25, -0.2) is 14.5 Å². The Morgan fingerprint density at radius 1 is 1.61 bits per heavy atom. The van der Waals surface area contributed by atoms with E-state index in [0.29, 0.717) is 22.7 Å². The molecule has 11 heteroatoms. The first-order chi connectivity index (χ1) is 10.6. The first-order valence-corrected chi connectivity index (χ1v) is 8.50. The fourth-order valence-electron chi connectivity index (χ4n) is 1.66. The van der Waals surface area contributed by atoms with E-state index in [1.807, 2.05) is 0 Å². The van der Waals surface area contributed by atoms with Crippen molar-refractivity contribution in [1.29, 1.82) is 0 Å². The summed E-state index contributed by atoms with van der Waals surface area (Å²) in [5.74, 6) is 0.812. The van der Waals surface area contributed by atoms with Gasteiger partial charge in [-0.1, -0.05) is 0 Å². The van der Waals surface area contributed by atoms with Crippen molar-refractivity contribution in [2.45, 2.75) is 26.4 Å². The molecule has 1 amide bonds. The number of thiol groups is 1. The molecule has 0 aliphatic rings. The zero-order valence-electron chi connectivity index (χ0n) is 12.7. The van der Waals surface area contributed by atoms with E-state index < -0.39 is 13.9 Å². The number of nitrogen functional groups attached to an aromatic ring is 1. The van der Waals surface area contributed by atoms with Crippen LogP contribution in [0.5, 0.6) is 0 Å². The number of rotatable bonds is 8. The van der Waals surface area contributed by atoms with Crippen LogP contribution in [-0.2, 0) is 20.4 Å². The van der Waals surface area contributed by atoms with Crippen molar-refractivity contribution in [3.63, 3.8) is 0 Å². The molecule has 1 heterocycles. The molecule has 0 spiro atoms. The molecule has 128 valence electrons. The molecule has 0 saturated heterocycles. The molecule has 9 nitrogen and oxygen atoms in total. The van der Waals surface area contributed by atoms with Gasteiger partial charge in [0.05, 0.1) is 19.2 Å². The highest BCUT2D eigenvalue weighted by Crippen LogP contribution is 2.35. The normalized spacial score (nSPS) is 13.7. The molecule has 0 aliphatic heterocycles. The Hall–Kier alpha value is -1.45. The second kappa shape index (κ2) is 8.42. The molecule has 1 aromatic heterocycles. The van der Waals surface area contributed by atoms with E-state index in [0.717, 1.165) is 0 Å². The van der Waals surface area contributed by atoms with E-state index in [1.54, 1.807) is 20.0 Å². The lowest BCUT2D eigenvalue weighted by atomic mass is 10.2. The molecule has 0 aliphatic carbocycles. The fraction of sp³-hybridized carbons (Fsp3) is 0.417. The highest BCUT2D eigenvalue weighted by Gasteiger charge is 2.17. The van der Waals surface area contributed by atoms with Gasteiger partial charge in [0.25, 0.3) is 0 Å². The molecule has 0 bridgehead atoms. The van der Waals surface area contributed by atoms with Gasteiger partial charge in [-0.05, 0) is 19.9 Å². The molecule has 1 unspecified atom stereocenters. The summed E-state index contributed by atoms with van der Waals surface area (Å²) in [7, 11) is -4.54. The van der Waals surface area contributed by atoms with Gasteiger partial charge in [0.15, 0.2) is 0 Å². The average molecular weight is 362 g/mol. The van der Waals surface area contributed by atoms with Crippen molar-refractivity contribution in [2.24, 2.45) is 0 Å². The van der Waals surface area contributed by atoms with Gasteiger partial charge in [0.2, 0.25) is 6.41 Å². The van der Waals surface area contributed by atoms with Crippen LogP contribution in [0.3, 0.4) is 0 Å². The molecule has 4 N–H and O–H groups in total. The number of nitrogens with zero attached hydrogens (tertiary/aromatic N) is 3. The Morgan fingerprint density at radius 2 is 2.26 bits per heavy atom. The number of anilines is 1. The Morgan fingerprint density at radius 3 is 2.78 bits per heavy atom. The summed E-state index contributed by atoms with van der Waals surface area (Å²) in [5.41, 5.74) is 6.38. The standard InChI is InChI=1S/C12H19N4O5PS/c1-8(11(23)3-4-21-22(18,19)20)16(7-17)6-10-5-14-9(2)15-12(10)13/h3,5,7-8,23H,4,6H2,1-2H3,(H2,13,14,15)(H2,18,19,20). The van der Waals surface area contributed by atoms with Crippen LogP contribution in [0.2, 0.25) is 0 Å². The van der Waals surface area contributed by atoms with Crippen molar-refractivity contribution in [2.75, 3.05) is 12.3 Å². The number of hydrogen-bond donors (Lipinski definition) is 4. The van der Waals surface area contributed by atoms with Gasteiger partial charge in [-0.2, -0.15) is 0 Å². The summed E-state index contributed by atoms with van der Waals surface area (Å²) in [6, 6.07) is -0.447. The predicted molar refractivity (Wildman–Crippen MR) is 87.3 cm³/mol. The maximum absolute atomic E-state index is 11.3. The van der Waals surface area contributed by atoms with Gasteiger partial charge in [0.1, 0.15) is 11.6 Å². The molecule has 1 rings (SSSR count). The summed E-state index contributed by atoms with van der Waals surface area (Å²) in [6.07, 6.45) is 3.54. The van der Waals surface area contributed by atoms with Gasteiger partial charge in [-0.15, -0.1) is 12.6 Å². The van der Waals surface area contributed by atoms with Crippen molar-refractivity contribution in [3.8, 4) is 0 Å². The largest absolute Gasteiger partial charge is 0.469 e. The third kappa shape index (κ3) is 6.67. The number of amides is 1. The molecule has 0 radical (unpaired) electrons. The summed E-state index contributed by atoms with van der Waals surface area (Å²) < 4.78 is 14.9. The van der Waals surface area contributed by atoms with Gasteiger partial charge < -0.3 is 20.4 Å². The number of carbonyl (C=O) groups is 1. The van der Waals surface area contributed by atoms with Crippen LogP contribution in [0.4, 0.5) is 5.82 Å². The molecular formula is C12H19N4O5PS. The highest BCUT2D eigenvalue weighted by atomic mass is 32.1. The van der Waals surface area contributed by atoms with Crippen LogP contribution in [0, 0.1) is 6.92 Å². The Kier molecular flexibility index (Phi) is 7.17. The lowest BCUT2D eigenvalue weighted by molar-refractivity contribution is -0.119. The van der Waals surface area contributed by atoms with E-state index in [1.165, 1.54) is 11.0 Å². The van der Waals surface area contributed by atoms with Crippen molar-refractivity contribution in [1.82, 2.24) is 14.9 Å². The topological polar surface area (TPSA) is 139 Å². The predicted octanol–water partition coefficient (Wildman–Crippen LogP) is 0.637. The number of phosphoric ester groups is 1. The van der Waals surface area contributed by atoms with Crippen LogP contribution >= 0.6 is 20.5 Å². The monoisotopic (exact) mass is 362 g/mol. The fourth-order valence-corrected chi connectivity index (χ4v) is 2.15. The maximum atomic E-state index is 11.3. The maximum Gasteiger partial charge on any atom is 0.469 e. The van der Waals surface area contributed by atoms with Crippen LogP contribution in [0.1, 0.15) is 18.3 Å². The van der Waals surface area contributed by atoms with Gasteiger partial charge >= 0.3 is 7.82 Å². The van der Waals surface area contributed by atoms with Crippen LogP contribution in [-0.4, -0.2) is 43.7 Å². The van der Waals surface area contributed by atoms with Crippen molar-refractivity contribution >= 4 is 32.7 Å². The molecule has 0 aromatic carbocycles. The number of phosphoric acid groups is 1. The molecular weight excluding hydrogens is 343 g/mol. The lowest BCUT2D eigenvalue weighted by Gasteiger charge is -2.25. The molecule has 1 aromatic rings. The van der Waals surface area contributed by atoms with E-state index in [9.17, 15) is 9.36 Å². The van der Waals surface area contributed by atoms with Crippen LogP contribution in [0.25, 0.3) is 0 Å². The van der Waals surface area contributed by atoms with Crippen molar-refractivity contribution in [3.05, 3.63) is 28.6 Å². The summed E-state index contributed by atoms with van der Waals surface area (Å²) >= 11 is 4.22. The van der Waals surface area contributed by atoms with E-state index >= 15 is 0 Å². The number of hydrogen-bond acceptors (Lipinski definition) is 7. The van der Waals surface area contributed by atoms with Crippen LogP contribution in [0.15, 0.2) is 17.2 Å². The average Bonchev–Trinajstić information content (AvgIpc) is 2.44. The number of carbonyl (C=O) groups excluding carboxylic acids is 1. The Balaban J connectivity index is 2.77. The smallest absolute Gasteiger partial charge is 0.383 e. The number of nitrogens with two attached hydrogens (primary N) is 1. The van der Waals surface area contributed by atoms with Gasteiger partial charge in [0, 0.05) is 16.7 Å². The third-order valence-corrected chi connectivity index (χ3v) is 4.01. The quantitative estimate of drug-likeness (QED) is 0.300. The van der Waals surface area contributed by atoms with E-state index in [-0.39, 0.29) is 19.0 Å². The number of aromatic nitrogens is 2. The minimum Gasteiger partial charge on any atom is -0.383 e. The first-order valence-electron chi connectivity index (χ1n) is 6.52. The first kappa shape index (κ1) is 19.6. The minimum absolute atomic E-state index is 0.175. The Labute approximate surface area is 139 Å². The molecule has 0 saturated carbocycles. The minimum atomic E-state index is -4.54. The lowest BCUT2D eigenvalue weighted by Crippen LogP contribution is -2.32.